The largest absolute Gasteiger partial charge is 0.435 e. The van der Waals surface area contributed by atoms with Crippen LogP contribution in [0.25, 0.3) is 0 Å². The second kappa shape index (κ2) is 7.40. The van der Waals surface area contributed by atoms with E-state index in [1.807, 2.05) is 6.92 Å². The number of amides is 2. The van der Waals surface area contributed by atoms with Crippen LogP contribution in [0.4, 0.5) is 13.6 Å². The van der Waals surface area contributed by atoms with E-state index >= 15 is 0 Å². The summed E-state index contributed by atoms with van der Waals surface area (Å²) in [6.45, 7) is -0.453. The van der Waals surface area contributed by atoms with Gasteiger partial charge in [0.25, 0.3) is 0 Å². The quantitative estimate of drug-likeness (QED) is 0.878. The van der Waals surface area contributed by atoms with Crippen molar-refractivity contribution in [1.82, 2.24) is 10.2 Å². The number of benzene rings is 1. The van der Waals surface area contributed by atoms with Crippen LogP contribution in [0.5, 0.6) is 5.75 Å². The summed E-state index contributed by atoms with van der Waals surface area (Å²) in [5.41, 5.74) is 0.787. The molecule has 0 bridgehead atoms. The Morgan fingerprint density at radius 2 is 2.14 bits per heavy atom. The van der Waals surface area contributed by atoms with Crippen molar-refractivity contribution < 1.29 is 23.4 Å². The molecule has 0 aliphatic carbocycles. The van der Waals surface area contributed by atoms with Gasteiger partial charge in [0.1, 0.15) is 5.75 Å². The maximum atomic E-state index is 12.2. The summed E-state index contributed by atoms with van der Waals surface area (Å²) >= 11 is 0. The Balaban J connectivity index is 1.93. The third-order valence-corrected chi connectivity index (χ3v) is 3.79. The number of aliphatic hydroxyl groups excluding tert-OH is 1. The lowest BCUT2D eigenvalue weighted by Gasteiger charge is -2.25. The van der Waals surface area contributed by atoms with E-state index in [0.29, 0.717) is 6.54 Å². The van der Waals surface area contributed by atoms with E-state index in [1.165, 1.54) is 12.1 Å². The van der Waals surface area contributed by atoms with Gasteiger partial charge in [-0.3, -0.25) is 0 Å². The van der Waals surface area contributed by atoms with Gasteiger partial charge in [0, 0.05) is 6.54 Å². The lowest BCUT2D eigenvalue weighted by Crippen LogP contribution is -2.44. The van der Waals surface area contributed by atoms with Crippen molar-refractivity contribution in [1.29, 1.82) is 0 Å². The number of hydrogen-bond acceptors (Lipinski definition) is 3. The van der Waals surface area contributed by atoms with Gasteiger partial charge in [-0.15, -0.1) is 0 Å². The predicted molar refractivity (Wildman–Crippen MR) is 76.8 cm³/mol. The molecule has 0 saturated carbocycles. The number of aliphatic hydroxyl groups is 1. The molecule has 2 unspecified atom stereocenters. The van der Waals surface area contributed by atoms with Crippen LogP contribution in [0.15, 0.2) is 24.3 Å². The predicted octanol–water partition coefficient (Wildman–Crippen LogP) is 2.52. The molecular formula is C15H20F2N2O3. The van der Waals surface area contributed by atoms with Gasteiger partial charge in [-0.05, 0) is 37.5 Å². The number of nitrogens with zero attached hydrogens (tertiary/aromatic N) is 1. The van der Waals surface area contributed by atoms with Crippen LogP contribution >= 0.6 is 0 Å². The average Bonchev–Trinajstić information content (AvgIpc) is 2.95. The van der Waals surface area contributed by atoms with Crippen LogP contribution in [0, 0.1) is 0 Å². The lowest BCUT2D eigenvalue weighted by molar-refractivity contribution is -0.0498. The summed E-state index contributed by atoms with van der Waals surface area (Å²) in [6, 6.07) is 5.53. The van der Waals surface area contributed by atoms with Crippen molar-refractivity contribution in [2.75, 3.05) is 13.2 Å². The van der Waals surface area contributed by atoms with Gasteiger partial charge in [-0.2, -0.15) is 8.78 Å². The van der Waals surface area contributed by atoms with Crippen LogP contribution in [-0.2, 0) is 0 Å². The highest BCUT2D eigenvalue weighted by Gasteiger charge is 2.28. The van der Waals surface area contributed by atoms with Gasteiger partial charge in [0.15, 0.2) is 0 Å². The fraction of sp³-hybridized carbons (Fsp3) is 0.533. The second-order valence-electron chi connectivity index (χ2n) is 5.29. The van der Waals surface area contributed by atoms with Crippen molar-refractivity contribution in [2.24, 2.45) is 0 Å². The van der Waals surface area contributed by atoms with Crippen LogP contribution in [0.1, 0.15) is 31.4 Å². The number of urea groups is 1. The molecule has 122 valence electrons. The SMILES string of the molecule is CC(NC(=O)N1CCCC1CO)c1ccc(OC(F)F)cc1. The van der Waals surface area contributed by atoms with Crippen LogP contribution < -0.4 is 10.1 Å². The van der Waals surface area contributed by atoms with E-state index in [4.69, 9.17) is 0 Å². The molecule has 5 nitrogen and oxygen atoms in total. The monoisotopic (exact) mass is 314 g/mol. The number of nitrogens with one attached hydrogen (secondary N) is 1. The number of alkyl halides is 2. The zero-order valence-corrected chi connectivity index (χ0v) is 12.3. The van der Waals surface area contributed by atoms with Crippen molar-refractivity contribution in [3.05, 3.63) is 29.8 Å². The highest BCUT2D eigenvalue weighted by molar-refractivity contribution is 5.75. The van der Waals surface area contributed by atoms with Gasteiger partial charge in [-0.25, -0.2) is 4.79 Å². The summed E-state index contributed by atoms with van der Waals surface area (Å²) in [7, 11) is 0. The van der Waals surface area contributed by atoms with Gasteiger partial charge >= 0.3 is 12.6 Å². The van der Waals surface area contributed by atoms with Gasteiger partial charge < -0.3 is 20.1 Å². The molecule has 1 saturated heterocycles. The Labute approximate surface area is 127 Å². The number of halogens is 2. The van der Waals surface area contributed by atoms with E-state index in [1.54, 1.807) is 17.0 Å². The zero-order valence-electron chi connectivity index (χ0n) is 12.3. The molecule has 2 N–H and O–H groups in total. The molecule has 0 radical (unpaired) electrons. The number of rotatable bonds is 5. The Bertz CT molecular complexity index is 496. The maximum Gasteiger partial charge on any atom is 0.387 e. The average molecular weight is 314 g/mol. The molecule has 1 aliphatic rings. The molecule has 2 amide bonds. The summed E-state index contributed by atoms with van der Waals surface area (Å²) in [5.74, 6) is 0.0807. The number of likely N-dealkylation sites (tertiary alicyclic amines) is 1. The van der Waals surface area contributed by atoms with E-state index < -0.39 is 6.61 Å². The Morgan fingerprint density at radius 3 is 2.73 bits per heavy atom. The minimum absolute atomic E-state index is 0.0402. The van der Waals surface area contributed by atoms with Gasteiger partial charge in [0.05, 0.1) is 18.7 Å². The van der Waals surface area contributed by atoms with Gasteiger partial charge in [-0.1, -0.05) is 12.1 Å². The lowest BCUT2D eigenvalue weighted by atomic mass is 10.1. The Kier molecular flexibility index (Phi) is 5.54. The van der Waals surface area contributed by atoms with Gasteiger partial charge in [0.2, 0.25) is 0 Å². The molecule has 1 heterocycles. The number of carbonyl (C=O) groups excluding carboxylic acids is 1. The number of carbonyl (C=O) groups is 1. The van der Waals surface area contributed by atoms with Crippen LogP contribution in [0.2, 0.25) is 0 Å². The first-order chi connectivity index (χ1) is 10.5. The summed E-state index contributed by atoms with van der Waals surface area (Å²) < 4.78 is 28.5. The third-order valence-electron chi connectivity index (χ3n) is 3.79. The first-order valence-electron chi connectivity index (χ1n) is 7.24. The summed E-state index contributed by atoms with van der Waals surface area (Å²) in [5, 5.41) is 12.1. The first kappa shape index (κ1) is 16.5. The van der Waals surface area contributed by atoms with Crippen molar-refractivity contribution in [2.45, 2.75) is 38.5 Å². The molecule has 2 rings (SSSR count). The maximum absolute atomic E-state index is 12.2. The highest BCUT2D eigenvalue weighted by Crippen LogP contribution is 2.21. The highest BCUT2D eigenvalue weighted by atomic mass is 19.3. The summed E-state index contributed by atoms with van der Waals surface area (Å²) in [4.78, 5) is 13.8. The third kappa shape index (κ3) is 4.07. The molecule has 1 aromatic rings. The minimum atomic E-state index is -2.85. The van der Waals surface area contributed by atoms with E-state index in [9.17, 15) is 18.7 Å². The Morgan fingerprint density at radius 1 is 1.45 bits per heavy atom. The molecular weight excluding hydrogens is 294 g/mol. The Hall–Kier alpha value is -1.89. The minimum Gasteiger partial charge on any atom is -0.435 e. The smallest absolute Gasteiger partial charge is 0.387 e. The number of ether oxygens (including phenoxy) is 1. The van der Waals surface area contributed by atoms with Crippen molar-refractivity contribution in [3.63, 3.8) is 0 Å². The molecule has 1 fully saturated rings. The zero-order chi connectivity index (χ0) is 16.1. The standard InChI is InChI=1S/C15H20F2N2O3/c1-10(11-4-6-13(7-5-11)22-14(16)17)18-15(21)19-8-2-3-12(19)9-20/h4-7,10,12,14,20H,2-3,8-9H2,1H3,(H,18,21). The molecule has 0 spiro atoms. The van der Waals surface area contributed by atoms with Crippen molar-refractivity contribution in [3.8, 4) is 5.75 Å². The fourth-order valence-corrected chi connectivity index (χ4v) is 2.58. The van der Waals surface area contributed by atoms with E-state index in [0.717, 1.165) is 18.4 Å². The summed E-state index contributed by atoms with van der Waals surface area (Å²) in [6.07, 6.45) is 1.69. The normalized spacial score (nSPS) is 19.3. The van der Waals surface area contributed by atoms with Crippen LogP contribution in [-0.4, -0.2) is 41.8 Å². The molecule has 0 aromatic heterocycles. The van der Waals surface area contributed by atoms with Crippen LogP contribution in [0.3, 0.4) is 0 Å². The molecule has 2 atom stereocenters. The van der Waals surface area contributed by atoms with Crippen molar-refractivity contribution >= 4 is 6.03 Å². The molecule has 1 aromatic carbocycles. The van der Waals surface area contributed by atoms with E-state index in [-0.39, 0.29) is 30.5 Å². The number of hydrogen-bond donors (Lipinski definition) is 2. The fourth-order valence-electron chi connectivity index (χ4n) is 2.58. The molecule has 7 heteroatoms. The first-order valence-corrected chi connectivity index (χ1v) is 7.24. The second-order valence-corrected chi connectivity index (χ2v) is 5.29. The van der Waals surface area contributed by atoms with E-state index in [2.05, 4.69) is 10.1 Å². The molecule has 22 heavy (non-hydrogen) atoms. The molecule has 1 aliphatic heterocycles. The topological polar surface area (TPSA) is 61.8 Å².